The molecule has 104 valence electrons. The molecule has 0 bridgehead atoms. The third-order valence-corrected chi connectivity index (χ3v) is 2.56. The highest BCUT2D eigenvalue weighted by Crippen LogP contribution is 2.29. The second-order valence-corrected chi connectivity index (χ2v) is 3.82. The standard InChI is InChI=1S/C13H13N3O4/c1-19-8-3-4-9(11(5-8)20-2)16-13(18)10-6-15-12(17)7-14-10/h3-7H,1-2H3,(H,15,17)(H,16,18). The fourth-order valence-corrected chi connectivity index (χ4v) is 1.55. The van der Waals surface area contributed by atoms with E-state index < -0.39 is 5.91 Å². The maximum atomic E-state index is 12.0. The van der Waals surface area contributed by atoms with Crippen molar-refractivity contribution in [2.45, 2.75) is 0 Å². The normalized spacial score (nSPS) is 9.90. The number of hydrogen-bond acceptors (Lipinski definition) is 5. The van der Waals surface area contributed by atoms with Crippen molar-refractivity contribution in [3.63, 3.8) is 0 Å². The van der Waals surface area contributed by atoms with Crippen molar-refractivity contribution in [1.82, 2.24) is 9.97 Å². The SMILES string of the molecule is COc1ccc(NC(=O)c2c[nH]c(=O)cn2)c(OC)c1. The van der Waals surface area contributed by atoms with E-state index in [0.717, 1.165) is 6.20 Å². The monoisotopic (exact) mass is 275 g/mol. The fraction of sp³-hybridized carbons (Fsp3) is 0.154. The van der Waals surface area contributed by atoms with Crippen LogP contribution in [0.2, 0.25) is 0 Å². The first kappa shape index (κ1) is 13.6. The smallest absolute Gasteiger partial charge is 0.275 e. The molecule has 0 radical (unpaired) electrons. The summed E-state index contributed by atoms with van der Waals surface area (Å²) in [6.07, 6.45) is 2.29. The number of hydrogen-bond donors (Lipinski definition) is 2. The quantitative estimate of drug-likeness (QED) is 0.869. The van der Waals surface area contributed by atoms with Gasteiger partial charge in [0.15, 0.2) is 0 Å². The summed E-state index contributed by atoms with van der Waals surface area (Å²) < 4.78 is 10.2. The summed E-state index contributed by atoms with van der Waals surface area (Å²) in [5.41, 5.74) is 0.206. The van der Waals surface area contributed by atoms with Crippen LogP contribution in [0.5, 0.6) is 11.5 Å². The minimum Gasteiger partial charge on any atom is -0.497 e. The Hall–Kier alpha value is -2.83. The van der Waals surface area contributed by atoms with Crippen molar-refractivity contribution in [1.29, 1.82) is 0 Å². The average molecular weight is 275 g/mol. The van der Waals surface area contributed by atoms with E-state index in [0.29, 0.717) is 17.2 Å². The molecule has 0 aliphatic rings. The number of aromatic amines is 1. The molecule has 1 aromatic carbocycles. The summed E-state index contributed by atoms with van der Waals surface area (Å²) in [4.78, 5) is 29.0. The topological polar surface area (TPSA) is 93.3 Å². The predicted molar refractivity (Wildman–Crippen MR) is 72.4 cm³/mol. The molecule has 0 aliphatic carbocycles. The molecule has 0 saturated heterocycles. The molecular weight excluding hydrogens is 262 g/mol. The van der Waals surface area contributed by atoms with Gasteiger partial charge in [0, 0.05) is 12.3 Å². The molecule has 0 aliphatic heterocycles. The molecule has 2 rings (SSSR count). The molecule has 20 heavy (non-hydrogen) atoms. The molecule has 1 aromatic heterocycles. The van der Waals surface area contributed by atoms with Crippen molar-refractivity contribution in [2.24, 2.45) is 0 Å². The zero-order valence-corrected chi connectivity index (χ0v) is 11.0. The van der Waals surface area contributed by atoms with Crippen LogP contribution < -0.4 is 20.3 Å². The molecule has 0 saturated carbocycles. The van der Waals surface area contributed by atoms with E-state index in [2.05, 4.69) is 15.3 Å². The minimum absolute atomic E-state index is 0.0995. The number of ether oxygens (including phenoxy) is 2. The van der Waals surface area contributed by atoms with Gasteiger partial charge in [-0.05, 0) is 12.1 Å². The molecule has 0 spiro atoms. The first-order valence-electron chi connectivity index (χ1n) is 5.72. The third kappa shape index (κ3) is 2.94. The Bertz CT molecular complexity index is 661. The van der Waals surface area contributed by atoms with Gasteiger partial charge in [-0.2, -0.15) is 0 Å². The number of amides is 1. The van der Waals surface area contributed by atoms with E-state index in [-0.39, 0.29) is 11.3 Å². The Morgan fingerprint density at radius 1 is 1.30 bits per heavy atom. The lowest BCUT2D eigenvalue weighted by molar-refractivity contribution is 0.102. The van der Waals surface area contributed by atoms with Crippen LogP contribution in [0, 0.1) is 0 Å². The van der Waals surface area contributed by atoms with Gasteiger partial charge in [0.1, 0.15) is 17.2 Å². The molecule has 0 atom stereocenters. The second-order valence-electron chi connectivity index (χ2n) is 3.82. The number of anilines is 1. The van der Waals surface area contributed by atoms with Gasteiger partial charge in [-0.25, -0.2) is 4.98 Å². The van der Waals surface area contributed by atoms with E-state index >= 15 is 0 Å². The van der Waals surface area contributed by atoms with Crippen LogP contribution in [0.3, 0.4) is 0 Å². The number of H-pyrrole nitrogens is 1. The first-order chi connectivity index (χ1) is 9.63. The molecule has 0 unspecified atom stereocenters. The highest BCUT2D eigenvalue weighted by Gasteiger charge is 2.11. The van der Waals surface area contributed by atoms with Gasteiger partial charge < -0.3 is 19.8 Å². The number of carbonyl (C=O) groups excluding carboxylic acids is 1. The van der Waals surface area contributed by atoms with Crippen molar-refractivity contribution in [3.05, 3.63) is 46.6 Å². The second kappa shape index (κ2) is 5.87. The van der Waals surface area contributed by atoms with Crippen LogP contribution >= 0.6 is 0 Å². The molecular formula is C13H13N3O4. The Labute approximate surface area is 114 Å². The van der Waals surface area contributed by atoms with Gasteiger partial charge in [-0.3, -0.25) is 9.59 Å². The van der Waals surface area contributed by atoms with Crippen molar-refractivity contribution >= 4 is 11.6 Å². The van der Waals surface area contributed by atoms with E-state index in [4.69, 9.17) is 9.47 Å². The van der Waals surface area contributed by atoms with E-state index in [1.54, 1.807) is 18.2 Å². The number of methoxy groups -OCH3 is 2. The Kier molecular flexibility index (Phi) is 3.99. The summed E-state index contributed by atoms with van der Waals surface area (Å²) in [6, 6.07) is 5.00. The third-order valence-electron chi connectivity index (χ3n) is 2.56. The number of nitrogens with one attached hydrogen (secondary N) is 2. The van der Waals surface area contributed by atoms with Crippen LogP contribution in [0.15, 0.2) is 35.4 Å². The number of nitrogens with zero attached hydrogens (tertiary/aromatic N) is 1. The Morgan fingerprint density at radius 3 is 2.70 bits per heavy atom. The molecule has 2 aromatic rings. The molecule has 1 heterocycles. The lowest BCUT2D eigenvalue weighted by atomic mass is 10.2. The van der Waals surface area contributed by atoms with Crippen LogP contribution in [-0.2, 0) is 0 Å². The molecule has 7 nitrogen and oxygen atoms in total. The zero-order valence-electron chi connectivity index (χ0n) is 11.0. The summed E-state index contributed by atoms with van der Waals surface area (Å²) in [5.74, 6) is 0.619. The van der Waals surface area contributed by atoms with Crippen molar-refractivity contribution < 1.29 is 14.3 Å². The largest absolute Gasteiger partial charge is 0.497 e. The number of carbonyl (C=O) groups is 1. The lowest BCUT2D eigenvalue weighted by Gasteiger charge is -2.11. The molecule has 1 amide bonds. The van der Waals surface area contributed by atoms with Gasteiger partial charge in [0.2, 0.25) is 0 Å². The first-order valence-corrected chi connectivity index (χ1v) is 5.72. The Morgan fingerprint density at radius 2 is 2.10 bits per heavy atom. The van der Waals surface area contributed by atoms with Gasteiger partial charge in [-0.1, -0.05) is 0 Å². The highest BCUT2D eigenvalue weighted by atomic mass is 16.5. The van der Waals surface area contributed by atoms with E-state index in [1.165, 1.54) is 20.4 Å². The molecule has 2 N–H and O–H groups in total. The van der Waals surface area contributed by atoms with Crippen LogP contribution in [0.25, 0.3) is 0 Å². The predicted octanol–water partition coefficient (Wildman–Crippen LogP) is 1.04. The van der Waals surface area contributed by atoms with Crippen LogP contribution in [0.4, 0.5) is 5.69 Å². The fourth-order valence-electron chi connectivity index (χ4n) is 1.55. The average Bonchev–Trinajstić information content (AvgIpc) is 2.48. The lowest BCUT2D eigenvalue weighted by Crippen LogP contribution is -2.17. The summed E-state index contributed by atoms with van der Waals surface area (Å²) in [5, 5.41) is 2.64. The number of benzene rings is 1. The van der Waals surface area contributed by atoms with Crippen molar-refractivity contribution in [2.75, 3.05) is 19.5 Å². The van der Waals surface area contributed by atoms with Gasteiger partial charge >= 0.3 is 0 Å². The van der Waals surface area contributed by atoms with Crippen LogP contribution in [-0.4, -0.2) is 30.1 Å². The number of rotatable bonds is 4. The Balaban J connectivity index is 2.23. The maximum Gasteiger partial charge on any atom is 0.275 e. The van der Waals surface area contributed by atoms with Gasteiger partial charge in [-0.15, -0.1) is 0 Å². The number of aromatic nitrogens is 2. The molecule has 7 heteroatoms. The van der Waals surface area contributed by atoms with E-state index in [1.807, 2.05) is 0 Å². The molecule has 0 fully saturated rings. The summed E-state index contributed by atoms with van der Waals surface area (Å²) in [7, 11) is 3.03. The zero-order chi connectivity index (χ0) is 14.5. The van der Waals surface area contributed by atoms with Gasteiger partial charge in [0.05, 0.1) is 26.1 Å². The van der Waals surface area contributed by atoms with Crippen molar-refractivity contribution in [3.8, 4) is 11.5 Å². The maximum absolute atomic E-state index is 12.0. The van der Waals surface area contributed by atoms with Gasteiger partial charge in [0.25, 0.3) is 11.5 Å². The van der Waals surface area contributed by atoms with E-state index in [9.17, 15) is 9.59 Å². The highest BCUT2D eigenvalue weighted by molar-refractivity contribution is 6.03. The summed E-state index contributed by atoms with van der Waals surface area (Å²) >= 11 is 0. The van der Waals surface area contributed by atoms with Crippen LogP contribution in [0.1, 0.15) is 10.5 Å². The minimum atomic E-state index is -0.454. The summed E-state index contributed by atoms with van der Waals surface area (Å²) in [6.45, 7) is 0.